The lowest BCUT2D eigenvalue weighted by Gasteiger charge is -2.20. The van der Waals surface area contributed by atoms with Crippen LogP contribution in [0.25, 0.3) is 0 Å². The van der Waals surface area contributed by atoms with Crippen molar-refractivity contribution in [1.82, 2.24) is 0 Å². The second-order valence-corrected chi connectivity index (χ2v) is 7.82. The zero-order valence-corrected chi connectivity index (χ0v) is 16.3. The van der Waals surface area contributed by atoms with Gasteiger partial charge in [-0.2, -0.15) is 0 Å². The average molecular weight is 392 g/mol. The van der Waals surface area contributed by atoms with Gasteiger partial charge in [0.15, 0.2) is 0 Å². The van der Waals surface area contributed by atoms with E-state index in [0.29, 0.717) is 18.3 Å². The highest BCUT2D eigenvalue weighted by atomic mass is 19.1. The molecule has 0 aliphatic heterocycles. The summed E-state index contributed by atoms with van der Waals surface area (Å²) in [5, 5.41) is 18.7. The SMILES string of the molecule is O=C(O)CCCCCC[C@H]1CCC[C@@H]1CCC(O)C#Cc1cc(F)cc(F)c1. The predicted molar refractivity (Wildman–Crippen MR) is 105 cm³/mol. The fourth-order valence-corrected chi connectivity index (χ4v) is 4.15. The third kappa shape index (κ3) is 8.39. The number of aliphatic hydroxyl groups excluding tert-OH is 1. The first-order chi connectivity index (χ1) is 13.4. The van der Waals surface area contributed by atoms with Crippen LogP contribution in [-0.4, -0.2) is 22.3 Å². The summed E-state index contributed by atoms with van der Waals surface area (Å²) in [4.78, 5) is 10.5. The molecule has 0 radical (unpaired) electrons. The number of hydrogen-bond acceptors (Lipinski definition) is 2. The van der Waals surface area contributed by atoms with Gasteiger partial charge in [-0.25, -0.2) is 8.78 Å². The normalized spacial score (nSPS) is 19.8. The van der Waals surface area contributed by atoms with E-state index in [0.717, 1.165) is 50.3 Å². The second-order valence-electron chi connectivity index (χ2n) is 7.82. The molecule has 28 heavy (non-hydrogen) atoms. The molecule has 1 aliphatic carbocycles. The first-order valence-electron chi connectivity index (χ1n) is 10.3. The summed E-state index contributed by atoms with van der Waals surface area (Å²) in [6.07, 6.45) is 9.69. The molecule has 1 fully saturated rings. The van der Waals surface area contributed by atoms with E-state index in [-0.39, 0.29) is 12.0 Å². The molecular formula is C23H30F2O3. The quantitative estimate of drug-likeness (QED) is 0.420. The molecule has 1 aromatic rings. The molecule has 2 N–H and O–H groups in total. The van der Waals surface area contributed by atoms with Crippen molar-refractivity contribution in [1.29, 1.82) is 0 Å². The maximum Gasteiger partial charge on any atom is 0.303 e. The van der Waals surface area contributed by atoms with Gasteiger partial charge in [-0.15, -0.1) is 0 Å². The fraction of sp³-hybridized carbons (Fsp3) is 0.609. The number of carboxylic acid groups (broad SMARTS) is 1. The van der Waals surface area contributed by atoms with E-state index in [2.05, 4.69) is 11.8 Å². The van der Waals surface area contributed by atoms with Crippen LogP contribution >= 0.6 is 0 Å². The Kier molecular flexibility index (Phi) is 9.43. The van der Waals surface area contributed by atoms with Crippen molar-refractivity contribution >= 4 is 5.97 Å². The van der Waals surface area contributed by atoms with Crippen LogP contribution < -0.4 is 0 Å². The number of carboxylic acids is 1. The minimum Gasteiger partial charge on any atom is -0.481 e. The Morgan fingerprint density at radius 1 is 1.04 bits per heavy atom. The summed E-state index contributed by atoms with van der Waals surface area (Å²) in [6, 6.07) is 3.12. The molecular weight excluding hydrogens is 362 g/mol. The number of rotatable bonds is 10. The second kappa shape index (κ2) is 11.8. The molecule has 0 heterocycles. The third-order valence-electron chi connectivity index (χ3n) is 5.59. The number of aliphatic hydroxyl groups is 1. The van der Waals surface area contributed by atoms with E-state index in [9.17, 15) is 18.7 Å². The molecule has 1 saturated carbocycles. The number of carbonyl (C=O) groups is 1. The van der Waals surface area contributed by atoms with Gasteiger partial charge in [-0.3, -0.25) is 4.79 Å². The maximum atomic E-state index is 13.2. The molecule has 5 heteroatoms. The zero-order chi connectivity index (χ0) is 20.4. The van der Waals surface area contributed by atoms with Crippen LogP contribution in [0.2, 0.25) is 0 Å². The monoisotopic (exact) mass is 392 g/mol. The smallest absolute Gasteiger partial charge is 0.303 e. The zero-order valence-electron chi connectivity index (χ0n) is 16.3. The molecule has 1 aliphatic rings. The van der Waals surface area contributed by atoms with E-state index in [1.165, 1.54) is 25.7 Å². The van der Waals surface area contributed by atoms with Crippen molar-refractivity contribution in [3.8, 4) is 11.8 Å². The van der Waals surface area contributed by atoms with E-state index in [4.69, 9.17) is 5.11 Å². The number of hydrogen-bond donors (Lipinski definition) is 2. The Balaban J connectivity index is 1.69. The molecule has 0 bridgehead atoms. The van der Waals surface area contributed by atoms with Gasteiger partial charge in [0.25, 0.3) is 0 Å². The first kappa shape index (κ1) is 22.4. The van der Waals surface area contributed by atoms with Crippen LogP contribution in [0.4, 0.5) is 8.78 Å². The maximum absolute atomic E-state index is 13.2. The van der Waals surface area contributed by atoms with E-state index in [1.54, 1.807) is 0 Å². The van der Waals surface area contributed by atoms with Gasteiger partial charge in [0.2, 0.25) is 0 Å². The van der Waals surface area contributed by atoms with Gasteiger partial charge >= 0.3 is 5.97 Å². The van der Waals surface area contributed by atoms with Crippen molar-refractivity contribution in [3.63, 3.8) is 0 Å². The van der Waals surface area contributed by atoms with Crippen LogP contribution in [0.15, 0.2) is 18.2 Å². The van der Waals surface area contributed by atoms with Crippen molar-refractivity contribution in [3.05, 3.63) is 35.4 Å². The van der Waals surface area contributed by atoms with Crippen LogP contribution in [0.1, 0.15) is 76.2 Å². The number of unbranched alkanes of at least 4 members (excludes halogenated alkanes) is 3. The summed E-state index contributed by atoms with van der Waals surface area (Å²) < 4.78 is 26.3. The van der Waals surface area contributed by atoms with Crippen molar-refractivity contribution in [2.45, 2.75) is 76.7 Å². The highest BCUT2D eigenvalue weighted by Gasteiger charge is 2.26. The predicted octanol–water partition coefficient (Wildman–Crippen LogP) is 5.30. The topological polar surface area (TPSA) is 57.5 Å². The molecule has 2 rings (SSSR count). The first-order valence-corrected chi connectivity index (χ1v) is 10.3. The fourth-order valence-electron chi connectivity index (χ4n) is 4.15. The van der Waals surface area contributed by atoms with Gasteiger partial charge < -0.3 is 10.2 Å². The molecule has 0 aromatic heterocycles. The minimum absolute atomic E-state index is 0.234. The Morgan fingerprint density at radius 3 is 2.36 bits per heavy atom. The third-order valence-corrected chi connectivity index (χ3v) is 5.59. The van der Waals surface area contributed by atoms with Crippen molar-refractivity contribution in [2.75, 3.05) is 0 Å². The summed E-state index contributed by atoms with van der Waals surface area (Å²) in [7, 11) is 0. The van der Waals surface area contributed by atoms with Crippen LogP contribution in [0, 0.1) is 35.3 Å². The van der Waals surface area contributed by atoms with Crippen LogP contribution in [-0.2, 0) is 4.79 Å². The average Bonchev–Trinajstić information content (AvgIpc) is 3.07. The Hall–Kier alpha value is -1.93. The minimum atomic E-state index is -0.788. The van der Waals surface area contributed by atoms with Crippen LogP contribution in [0.5, 0.6) is 0 Å². The molecule has 0 spiro atoms. The number of aliphatic carboxylic acids is 1. The number of benzene rings is 1. The van der Waals surface area contributed by atoms with Gasteiger partial charge in [-0.1, -0.05) is 56.8 Å². The van der Waals surface area contributed by atoms with Gasteiger partial charge in [0.05, 0.1) is 0 Å². The lowest BCUT2D eigenvalue weighted by molar-refractivity contribution is -0.137. The summed E-state index contributed by atoms with van der Waals surface area (Å²) in [5.41, 5.74) is 0.234. The Labute approximate surface area is 166 Å². The largest absolute Gasteiger partial charge is 0.481 e. The molecule has 0 amide bonds. The Bertz CT molecular complexity index is 673. The summed E-state index contributed by atoms with van der Waals surface area (Å²) in [5.74, 6) is 4.56. The van der Waals surface area contributed by atoms with E-state index >= 15 is 0 Å². The highest BCUT2D eigenvalue weighted by molar-refractivity contribution is 5.66. The van der Waals surface area contributed by atoms with Crippen molar-refractivity contribution < 1.29 is 23.8 Å². The highest BCUT2D eigenvalue weighted by Crippen LogP contribution is 2.38. The van der Waals surface area contributed by atoms with Gasteiger partial charge in [-0.05, 0) is 43.2 Å². The molecule has 3 atom stereocenters. The van der Waals surface area contributed by atoms with E-state index < -0.39 is 23.7 Å². The molecule has 1 unspecified atom stereocenters. The summed E-state index contributed by atoms with van der Waals surface area (Å²) in [6.45, 7) is 0. The van der Waals surface area contributed by atoms with Gasteiger partial charge in [0, 0.05) is 18.1 Å². The molecule has 0 saturated heterocycles. The van der Waals surface area contributed by atoms with Crippen molar-refractivity contribution in [2.24, 2.45) is 11.8 Å². The molecule has 1 aromatic carbocycles. The molecule has 3 nitrogen and oxygen atoms in total. The summed E-state index contributed by atoms with van der Waals surface area (Å²) >= 11 is 0. The van der Waals surface area contributed by atoms with Crippen LogP contribution in [0.3, 0.4) is 0 Å². The van der Waals surface area contributed by atoms with E-state index in [1.807, 2.05) is 0 Å². The lowest BCUT2D eigenvalue weighted by Crippen LogP contribution is -2.12. The van der Waals surface area contributed by atoms with Gasteiger partial charge in [0.1, 0.15) is 17.7 Å². The standard InChI is InChI=1S/C23H30F2O3/c24-20-14-17(15-21(25)16-20)10-12-22(26)13-11-19-8-5-7-18(19)6-3-1-2-4-9-23(27)28/h14-16,18-19,22,26H,1-9,11,13H2,(H,27,28)/t18-,19+,22?/m0/s1. The lowest BCUT2D eigenvalue weighted by atomic mass is 9.86. The number of halogens is 2. The Morgan fingerprint density at radius 2 is 1.68 bits per heavy atom. The molecule has 154 valence electrons.